The summed E-state index contributed by atoms with van der Waals surface area (Å²) >= 11 is 0. The molecule has 0 aromatic heterocycles. The van der Waals surface area contributed by atoms with Gasteiger partial charge in [0, 0.05) is 24.0 Å². The van der Waals surface area contributed by atoms with Crippen molar-refractivity contribution in [3.63, 3.8) is 0 Å². The Morgan fingerprint density at radius 3 is 2.94 bits per heavy atom. The molecule has 1 aliphatic heterocycles. The zero-order valence-electron chi connectivity index (χ0n) is 10.7. The highest BCUT2D eigenvalue weighted by molar-refractivity contribution is 5.10. The van der Waals surface area contributed by atoms with Crippen molar-refractivity contribution in [2.75, 3.05) is 19.7 Å². The Hall–Kier alpha value is -0.120. The van der Waals surface area contributed by atoms with Gasteiger partial charge in [-0.3, -0.25) is 0 Å². The Balaban J connectivity index is 1.80. The van der Waals surface area contributed by atoms with Crippen LogP contribution in [0.25, 0.3) is 0 Å². The number of unbranched alkanes of at least 4 members (excludes halogenated alkanes) is 1. The van der Waals surface area contributed by atoms with Crippen LogP contribution >= 0.6 is 0 Å². The normalized spacial score (nSPS) is 36.6. The van der Waals surface area contributed by atoms with Crippen molar-refractivity contribution in [1.82, 2.24) is 5.32 Å². The summed E-state index contributed by atoms with van der Waals surface area (Å²) in [6.07, 6.45) is 5.39. The fourth-order valence-corrected chi connectivity index (χ4v) is 3.46. The molecule has 2 rings (SSSR count). The van der Waals surface area contributed by atoms with Gasteiger partial charge in [0.1, 0.15) is 0 Å². The van der Waals surface area contributed by atoms with Gasteiger partial charge in [-0.05, 0) is 38.8 Å². The molecule has 2 aliphatic rings. The first-order valence-corrected chi connectivity index (χ1v) is 6.73. The maximum Gasteiger partial charge on any atom is 0.0684 e. The SMILES string of the molecule is CC1(C)C(NCCCCN)C2CCCOC21. The van der Waals surface area contributed by atoms with Crippen LogP contribution in [0.5, 0.6) is 0 Å². The van der Waals surface area contributed by atoms with Crippen LogP contribution in [0.15, 0.2) is 0 Å². The van der Waals surface area contributed by atoms with Crippen molar-refractivity contribution in [2.24, 2.45) is 17.1 Å². The molecule has 0 aromatic carbocycles. The van der Waals surface area contributed by atoms with Crippen molar-refractivity contribution >= 4 is 0 Å². The summed E-state index contributed by atoms with van der Waals surface area (Å²) in [6, 6.07) is 0.649. The third-order valence-electron chi connectivity index (χ3n) is 4.33. The van der Waals surface area contributed by atoms with E-state index in [-0.39, 0.29) is 0 Å². The molecule has 16 heavy (non-hydrogen) atoms. The van der Waals surface area contributed by atoms with Gasteiger partial charge in [-0.1, -0.05) is 13.8 Å². The molecule has 1 saturated carbocycles. The molecule has 0 bridgehead atoms. The van der Waals surface area contributed by atoms with E-state index in [1.54, 1.807) is 0 Å². The maximum absolute atomic E-state index is 5.89. The number of hydrogen-bond acceptors (Lipinski definition) is 3. The second kappa shape index (κ2) is 5.03. The summed E-state index contributed by atoms with van der Waals surface area (Å²) in [5.74, 6) is 0.752. The van der Waals surface area contributed by atoms with Gasteiger partial charge in [-0.15, -0.1) is 0 Å². The first kappa shape index (κ1) is 12.3. The van der Waals surface area contributed by atoms with Gasteiger partial charge >= 0.3 is 0 Å². The number of rotatable bonds is 5. The van der Waals surface area contributed by atoms with Gasteiger partial charge < -0.3 is 15.8 Å². The summed E-state index contributed by atoms with van der Waals surface area (Å²) in [4.78, 5) is 0. The average Bonchev–Trinajstić information content (AvgIpc) is 2.29. The molecule has 3 nitrogen and oxygen atoms in total. The fraction of sp³-hybridized carbons (Fsp3) is 1.00. The largest absolute Gasteiger partial charge is 0.377 e. The molecular formula is C13H26N2O. The van der Waals surface area contributed by atoms with Crippen molar-refractivity contribution in [3.8, 4) is 0 Å². The number of hydrogen-bond donors (Lipinski definition) is 2. The van der Waals surface area contributed by atoms with Crippen LogP contribution in [0.4, 0.5) is 0 Å². The first-order valence-electron chi connectivity index (χ1n) is 6.73. The van der Waals surface area contributed by atoms with E-state index in [0.717, 1.165) is 32.0 Å². The lowest BCUT2D eigenvalue weighted by atomic mass is 9.55. The van der Waals surface area contributed by atoms with Crippen molar-refractivity contribution in [3.05, 3.63) is 0 Å². The van der Waals surface area contributed by atoms with E-state index in [1.807, 2.05) is 0 Å². The number of nitrogens with one attached hydrogen (secondary N) is 1. The molecule has 3 N–H and O–H groups in total. The van der Waals surface area contributed by atoms with Gasteiger partial charge in [0.15, 0.2) is 0 Å². The summed E-state index contributed by atoms with van der Waals surface area (Å²) in [5, 5.41) is 3.71. The quantitative estimate of drug-likeness (QED) is 0.699. The van der Waals surface area contributed by atoms with Crippen LogP contribution in [0, 0.1) is 11.3 Å². The van der Waals surface area contributed by atoms with Gasteiger partial charge in [0.25, 0.3) is 0 Å². The van der Waals surface area contributed by atoms with E-state index in [2.05, 4.69) is 19.2 Å². The molecular weight excluding hydrogens is 200 g/mol. The third kappa shape index (κ3) is 2.13. The molecule has 3 atom stereocenters. The zero-order chi connectivity index (χ0) is 11.6. The van der Waals surface area contributed by atoms with E-state index >= 15 is 0 Å². The van der Waals surface area contributed by atoms with E-state index in [1.165, 1.54) is 19.3 Å². The van der Waals surface area contributed by atoms with E-state index < -0.39 is 0 Å². The van der Waals surface area contributed by atoms with Crippen molar-refractivity contribution < 1.29 is 4.74 Å². The second-order valence-electron chi connectivity index (χ2n) is 5.85. The van der Waals surface area contributed by atoms with Crippen molar-refractivity contribution in [2.45, 2.75) is 51.7 Å². The number of fused-ring (bicyclic) bond motifs is 1. The lowest BCUT2D eigenvalue weighted by molar-refractivity contribution is -0.192. The average molecular weight is 226 g/mol. The molecule has 94 valence electrons. The van der Waals surface area contributed by atoms with Crippen LogP contribution in [0.2, 0.25) is 0 Å². The summed E-state index contributed by atoms with van der Waals surface area (Å²) in [7, 11) is 0. The minimum atomic E-state index is 0.313. The molecule has 1 aliphatic carbocycles. The predicted octanol–water partition coefficient (Wildman–Crippen LogP) is 1.52. The molecule has 0 radical (unpaired) electrons. The predicted molar refractivity (Wildman–Crippen MR) is 66.3 cm³/mol. The van der Waals surface area contributed by atoms with Crippen LogP contribution in [-0.4, -0.2) is 31.8 Å². The Kier molecular flexibility index (Phi) is 3.88. The second-order valence-corrected chi connectivity index (χ2v) is 5.85. The van der Waals surface area contributed by atoms with Gasteiger partial charge in [-0.25, -0.2) is 0 Å². The Morgan fingerprint density at radius 1 is 1.38 bits per heavy atom. The molecule has 0 aromatic rings. The summed E-state index contributed by atoms with van der Waals surface area (Å²) in [6.45, 7) is 7.55. The standard InChI is InChI=1S/C13H26N2O/c1-13(2)11(15-8-4-3-7-14)10-6-5-9-16-12(10)13/h10-12,15H,3-9,14H2,1-2H3. The smallest absolute Gasteiger partial charge is 0.0684 e. The third-order valence-corrected chi connectivity index (χ3v) is 4.33. The van der Waals surface area contributed by atoms with Gasteiger partial charge in [-0.2, -0.15) is 0 Å². The Bertz CT molecular complexity index is 230. The van der Waals surface area contributed by atoms with Crippen molar-refractivity contribution in [1.29, 1.82) is 0 Å². The van der Waals surface area contributed by atoms with E-state index in [9.17, 15) is 0 Å². The highest BCUT2D eigenvalue weighted by Gasteiger charge is 2.57. The lowest BCUT2D eigenvalue weighted by Gasteiger charge is -2.60. The molecule has 1 heterocycles. The number of nitrogens with two attached hydrogens (primary N) is 1. The summed E-state index contributed by atoms with van der Waals surface area (Å²) < 4.78 is 5.89. The molecule has 3 heteroatoms. The minimum absolute atomic E-state index is 0.313. The molecule has 1 saturated heterocycles. The molecule has 2 fully saturated rings. The summed E-state index contributed by atoms with van der Waals surface area (Å²) in [5.41, 5.74) is 5.82. The van der Waals surface area contributed by atoms with E-state index in [4.69, 9.17) is 10.5 Å². The Labute approximate surface area is 99.1 Å². The zero-order valence-corrected chi connectivity index (χ0v) is 10.7. The lowest BCUT2D eigenvalue weighted by Crippen LogP contribution is -2.69. The maximum atomic E-state index is 5.89. The van der Waals surface area contributed by atoms with Crippen LogP contribution in [-0.2, 0) is 4.74 Å². The van der Waals surface area contributed by atoms with Gasteiger partial charge in [0.05, 0.1) is 6.10 Å². The topological polar surface area (TPSA) is 47.3 Å². The van der Waals surface area contributed by atoms with E-state index in [0.29, 0.717) is 17.6 Å². The Morgan fingerprint density at radius 2 is 2.19 bits per heavy atom. The van der Waals surface area contributed by atoms with Crippen LogP contribution < -0.4 is 11.1 Å². The highest BCUT2D eigenvalue weighted by Crippen LogP contribution is 2.51. The highest BCUT2D eigenvalue weighted by atomic mass is 16.5. The van der Waals surface area contributed by atoms with Crippen LogP contribution in [0.1, 0.15) is 39.5 Å². The molecule has 0 amide bonds. The number of ether oxygens (including phenoxy) is 1. The fourth-order valence-electron chi connectivity index (χ4n) is 3.46. The monoisotopic (exact) mass is 226 g/mol. The molecule has 0 spiro atoms. The minimum Gasteiger partial charge on any atom is -0.377 e. The molecule has 3 unspecified atom stereocenters. The van der Waals surface area contributed by atoms with Gasteiger partial charge in [0.2, 0.25) is 0 Å². The van der Waals surface area contributed by atoms with Crippen LogP contribution in [0.3, 0.4) is 0 Å². The first-order chi connectivity index (χ1) is 7.68.